The van der Waals surface area contributed by atoms with Crippen molar-refractivity contribution in [3.05, 3.63) is 0 Å². The maximum absolute atomic E-state index is 11.2. The van der Waals surface area contributed by atoms with Gasteiger partial charge in [-0.25, -0.2) is 0 Å². The van der Waals surface area contributed by atoms with E-state index >= 15 is 0 Å². The Morgan fingerprint density at radius 3 is 2.69 bits per heavy atom. The summed E-state index contributed by atoms with van der Waals surface area (Å²) in [5.74, 6) is 0.187. The van der Waals surface area contributed by atoms with Crippen LogP contribution < -0.4 is 10.6 Å². The van der Waals surface area contributed by atoms with Crippen molar-refractivity contribution in [3.63, 3.8) is 0 Å². The van der Waals surface area contributed by atoms with Crippen molar-refractivity contribution in [3.8, 4) is 0 Å². The molecule has 4 nitrogen and oxygen atoms in total. The van der Waals surface area contributed by atoms with Crippen LogP contribution in [0.3, 0.4) is 0 Å². The molecule has 0 aromatic heterocycles. The van der Waals surface area contributed by atoms with E-state index in [0.717, 1.165) is 25.9 Å². The molecule has 1 rings (SSSR count). The van der Waals surface area contributed by atoms with Gasteiger partial charge in [0.1, 0.15) is 0 Å². The molecule has 2 unspecified atom stereocenters. The first-order valence-corrected chi connectivity index (χ1v) is 6.23. The molecule has 94 valence electrons. The lowest BCUT2D eigenvalue weighted by Gasteiger charge is -2.13. The second-order valence-electron chi connectivity index (χ2n) is 4.80. The van der Waals surface area contributed by atoms with Crippen LogP contribution in [0.25, 0.3) is 0 Å². The summed E-state index contributed by atoms with van der Waals surface area (Å²) in [6.07, 6.45) is 3.08. The minimum Gasteiger partial charge on any atom is -0.374 e. The van der Waals surface area contributed by atoms with Crippen LogP contribution in [0.4, 0.5) is 0 Å². The van der Waals surface area contributed by atoms with E-state index in [1.165, 1.54) is 0 Å². The van der Waals surface area contributed by atoms with Crippen molar-refractivity contribution in [2.24, 2.45) is 5.92 Å². The van der Waals surface area contributed by atoms with Gasteiger partial charge in [0, 0.05) is 25.6 Å². The molecule has 2 N–H and O–H groups in total. The van der Waals surface area contributed by atoms with E-state index in [0.29, 0.717) is 18.8 Å². The molecule has 16 heavy (non-hydrogen) atoms. The largest absolute Gasteiger partial charge is 0.374 e. The third-order valence-electron chi connectivity index (χ3n) is 2.82. The number of hydrogen-bond acceptors (Lipinski definition) is 3. The quantitative estimate of drug-likeness (QED) is 0.665. The van der Waals surface area contributed by atoms with Crippen LogP contribution in [-0.2, 0) is 9.53 Å². The third-order valence-corrected chi connectivity index (χ3v) is 2.82. The summed E-state index contributed by atoms with van der Waals surface area (Å²) in [5.41, 5.74) is 0. The summed E-state index contributed by atoms with van der Waals surface area (Å²) in [4.78, 5) is 11.2. The first-order valence-electron chi connectivity index (χ1n) is 6.23. The van der Waals surface area contributed by atoms with Crippen LogP contribution in [-0.4, -0.2) is 37.7 Å². The summed E-state index contributed by atoms with van der Waals surface area (Å²) < 4.78 is 5.68. The van der Waals surface area contributed by atoms with Gasteiger partial charge in [-0.05, 0) is 19.8 Å². The summed E-state index contributed by atoms with van der Waals surface area (Å²) in [7, 11) is 0. The smallest absolute Gasteiger partial charge is 0.222 e. The van der Waals surface area contributed by atoms with Crippen molar-refractivity contribution in [2.45, 2.75) is 45.8 Å². The maximum atomic E-state index is 11.2. The van der Waals surface area contributed by atoms with Crippen LogP contribution in [0.2, 0.25) is 0 Å². The Kier molecular flexibility index (Phi) is 5.77. The standard InChI is InChI=1S/C12H24N2O2/c1-9(2)12(15)14-7-6-13-8-11-5-4-10(3)16-11/h9-11,13H,4-8H2,1-3H3,(H,14,15). The van der Waals surface area contributed by atoms with E-state index < -0.39 is 0 Å². The van der Waals surface area contributed by atoms with E-state index in [9.17, 15) is 4.79 Å². The second-order valence-corrected chi connectivity index (χ2v) is 4.80. The molecule has 2 atom stereocenters. The molecule has 1 aliphatic heterocycles. The molecule has 4 heteroatoms. The van der Waals surface area contributed by atoms with Gasteiger partial charge in [-0.2, -0.15) is 0 Å². The molecule has 0 saturated carbocycles. The highest BCUT2D eigenvalue weighted by atomic mass is 16.5. The number of amides is 1. The maximum Gasteiger partial charge on any atom is 0.222 e. The molecule has 0 bridgehead atoms. The monoisotopic (exact) mass is 228 g/mol. The van der Waals surface area contributed by atoms with E-state index in [1.54, 1.807) is 0 Å². The molecule has 1 fully saturated rings. The average molecular weight is 228 g/mol. The molecule has 1 amide bonds. The lowest BCUT2D eigenvalue weighted by atomic mass is 10.2. The highest BCUT2D eigenvalue weighted by Gasteiger charge is 2.20. The predicted octanol–water partition coefficient (Wildman–Crippen LogP) is 0.916. The Labute approximate surface area is 98.1 Å². The zero-order valence-corrected chi connectivity index (χ0v) is 10.6. The summed E-state index contributed by atoms with van der Waals surface area (Å²) in [6.45, 7) is 8.31. The molecular formula is C12H24N2O2. The van der Waals surface area contributed by atoms with E-state index in [-0.39, 0.29) is 11.8 Å². The van der Waals surface area contributed by atoms with Gasteiger partial charge in [-0.1, -0.05) is 13.8 Å². The van der Waals surface area contributed by atoms with Gasteiger partial charge >= 0.3 is 0 Å². The van der Waals surface area contributed by atoms with Crippen LogP contribution >= 0.6 is 0 Å². The minimum atomic E-state index is 0.0685. The number of carbonyl (C=O) groups excluding carboxylic acids is 1. The second kappa shape index (κ2) is 6.86. The van der Waals surface area contributed by atoms with Crippen LogP contribution in [0, 0.1) is 5.92 Å². The normalized spacial score (nSPS) is 25.0. The molecule has 0 radical (unpaired) electrons. The Morgan fingerprint density at radius 2 is 2.12 bits per heavy atom. The van der Waals surface area contributed by atoms with Gasteiger partial charge in [-0.3, -0.25) is 4.79 Å². The first-order chi connectivity index (χ1) is 7.59. The van der Waals surface area contributed by atoms with Crippen molar-refractivity contribution >= 4 is 5.91 Å². The fourth-order valence-corrected chi connectivity index (χ4v) is 1.78. The van der Waals surface area contributed by atoms with E-state index in [2.05, 4.69) is 17.6 Å². The number of hydrogen-bond donors (Lipinski definition) is 2. The topological polar surface area (TPSA) is 50.4 Å². The van der Waals surface area contributed by atoms with E-state index in [4.69, 9.17) is 4.74 Å². The third kappa shape index (κ3) is 4.94. The SMILES string of the molecule is CC1CCC(CNCCNC(=O)C(C)C)O1. The zero-order chi connectivity index (χ0) is 12.0. The average Bonchev–Trinajstić information content (AvgIpc) is 2.63. The molecule has 1 saturated heterocycles. The summed E-state index contributed by atoms with van der Waals surface area (Å²) in [6, 6.07) is 0. The number of carbonyl (C=O) groups is 1. The highest BCUT2D eigenvalue weighted by Crippen LogP contribution is 2.17. The fourth-order valence-electron chi connectivity index (χ4n) is 1.78. The van der Waals surface area contributed by atoms with Gasteiger partial charge in [-0.15, -0.1) is 0 Å². The van der Waals surface area contributed by atoms with Gasteiger partial charge < -0.3 is 15.4 Å². The molecule has 1 heterocycles. The molecular weight excluding hydrogens is 204 g/mol. The zero-order valence-electron chi connectivity index (χ0n) is 10.6. The number of nitrogens with one attached hydrogen (secondary N) is 2. The van der Waals surface area contributed by atoms with Crippen molar-refractivity contribution in [1.29, 1.82) is 0 Å². The van der Waals surface area contributed by atoms with E-state index in [1.807, 2.05) is 13.8 Å². The Morgan fingerprint density at radius 1 is 1.38 bits per heavy atom. The molecule has 0 aromatic carbocycles. The lowest BCUT2D eigenvalue weighted by Crippen LogP contribution is -2.36. The van der Waals surface area contributed by atoms with Gasteiger partial charge in [0.15, 0.2) is 0 Å². The molecule has 0 aromatic rings. The van der Waals surface area contributed by atoms with Crippen molar-refractivity contribution in [2.75, 3.05) is 19.6 Å². The Balaban J connectivity index is 1.94. The van der Waals surface area contributed by atoms with Gasteiger partial charge in [0.05, 0.1) is 12.2 Å². The van der Waals surface area contributed by atoms with Crippen LogP contribution in [0.15, 0.2) is 0 Å². The van der Waals surface area contributed by atoms with Crippen LogP contribution in [0.5, 0.6) is 0 Å². The molecule has 0 aliphatic carbocycles. The number of rotatable bonds is 6. The highest BCUT2D eigenvalue weighted by molar-refractivity contribution is 5.77. The van der Waals surface area contributed by atoms with Gasteiger partial charge in [0.25, 0.3) is 0 Å². The Hall–Kier alpha value is -0.610. The predicted molar refractivity (Wildman–Crippen MR) is 64.3 cm³/mol. The van der Waals surface area contributed by atoms with Crippen molar-refractivity contribution < 1.29 is 9.53 Å². The van der Waals surface area contributed by atoms with Crippen molar-refractivity contribution in [1.82, 2.24) is 10.6 Å². The van der Waals surface area contributed by atoms with Crippen LogP contribution in [0.1, 0.15) is 33.6 Å². The molecule has 1 aliphatic rings. The Bertz CT molecular complexity index is 219. The summed E-state index contributed by atoms with van der Waals surface area (Å²) >= 11 is 0. The molecule has 0 spiro atoms. The number of ether oxygens (including phenoxy) is 1. The first kappa shape index (κ1) is 13.5. The minimum absolute atomic E-state index is 0.0685. The van der Waals surface area contributed by atoms with Gasteiger partial charge in [0.2, 0.25) is 5.91 Å². The fraction of sp³-hybridized carbons (Fsp3) is 0.917. The summed E-state index contributed by atoms with van der Waals surface area (Å²) in [5, 5.41) is 6.18. The lowest BCUT2D eigenvalue weighted by molar-refractivity contribution is -0.123.